The van der Waals surface area contributed by atoms with Crippen LogP contribution in [-0.4, -0.2) is 13.6 Å². The standard InChI is InChI=1S/C16H19FN2/c1-3-19(14-7-5-4-6-8-14)16-10-9-13(12-18-2)11-15(16)17/h4-11,18H,3,12H2,1-2H3. The molecule has 0 spiro atoms. The summed E-state index contributed by atoms with van der Waals surface area (Å²) in [6, 6.07) is 15.3. The largest absolute Gasteiger partial charge is 0.339 e. The van der Waals surface area contributed by atoms with Crippen LogP contribution in [0.5, 0.6) is 0 Å². The highest BCUT2D eigenvalue weighted by Gasteiger charge is 2.12. The number of halogens is 1. The normalized spacial score (nSPS) is 10.5. The first kappa shape index (κ1) is 13.6. The molecule has 100 valence electrons. The molecule has 0 atom stereocenters. The van der Waals surface area contributed by atoms with E-state index in [2.05, 4.69) is 5.32 Å². The van der Waals surface area contributed by atoms with Gasteiger partial charge in [-0.1, -0.05) is 24.3 Å². The van der Waals surface area contributed by atoms with Crippen molar-refractivity contribution in [2.45, 2.75) is 13.5 Å². The Morgan fingerprint density at radius 3 is 2.42 bits per heavy atom. The third kappa shape index (κ3) is 3.12. The van der Waals surface area contributed by atoms with E-state index in [4.69, 9.17) is 0 Å². The second kappa shape index (κ2) is 6.34. The van der Waals surface area contributed by atoms with Gasteiger partial charge < -0.3 is 10.2 Å². The van der Waals surface area contributed by atoms with Crippen LogP contribution >= 0.6 is 0 Å². The minimum atomic E-state index is -0.182. The molecule has 0 saturated carbocycles. The van der Waals surface area contributed by atoms with E-state index < -0.39 is 0 Å². The second-order valence-corrected chi connectivity index (χ2v) is 4.40. The summed E-state index contributed by atoms with van der Waals surface area (Å²) >= 11 is 0. The minimum absolute atomic E-state index is 0.182. The summed E-state index contributed by atoms with van der Waals surface area (Å²) in [6.45, 7) is 3.43. The van der Waals surface area contributed by atoms with Crippen molar-refractivity contribution >= 4 is 11.4 Å². The monoisotopic (exact) mass is 258 g/mol. The van der Waals surface area contributed by atoms with Crippen molar-refractivity contribution < 1.29 is 4.39 Å². The molecular weight excluding hydrogens is 239 g/mol. The zero-order valence-corrected chi connectivity index (χ0v) is 11.4. The van der Waals surface area contributed by atoms with Crippen LogP contribution in [0.1, 0.15) is 12.5 Å². The summed E-state index contributed by atoms with van der Waals surface area (Å²) in [4.78, 5) is 1.97. The summed E-state index contributed by atoms with van der Waals surface area (Å²) < 4.78 is 14.2. The first-order valence-corrected chi connectivity index (χ1v) is 6.52. The number of rotatable bonds is 5. The lowest BCUT2D eigenvalue weighted by atomic mass is 10.1. The summed E-state index contributed by atoms with van der Waals surface area (Å²) in [5, 5.41) is 3.03. The summed E-state index contributed by atoms with van der Waals surface area (Å²) in [7, 11) is 1.86. The summed E-state index contributed by atoms with van der Waals surface area (Å²) in [5.41, 5.74) is 2.58. The van der Waals surface area contributed by atoms with Crippen molar-refractivity contribution in [2.24, 2.45) is 0 Å². The summed E-state index contributed by atoms with van der Waals surface area (Å²) in [5.74, 6) is -0.182. The third-order valence-corrected chi connectivity index (χ3v) is 3.07. The molecule has 0 aromatic heterocycles. The van der Waals surface area contributed by atoms with Gasteiger partial charge in [0.05, 0.1) is 5.69 Å². The average Bonchev–Trinajstić information content (AvgIpc) is 2.43. The Hall–Kier alpha value is -1.87. The Kier molecular flexibility index (Phi) is 4.53. The van der Waals surface area contributed by atoms with E-state index in [9.17, 15) is 4.39 Å². The highest BCUT2D eigenvalue weighted by Crippen LogP contribution is 2.27. The maximum absolute atomic E-state index is 14.2. The number of anilines is 2. The van der Waals surface area contributed by atoms with Gasteiger partial charge in [0.25, 0.3) is 0 Å². The van der Waals surface area contributed by atoms with Gasteiger partial charge >= 0.3 is 0 Å². The Morgan fingerprint density at radius 1 is 1.11 bits per heavy atom. The van der Waals surface area contributed by atoms with Crippen molar-refractivity contribution in [3.63, 3.8) is 0 Å². The Labute approximate surface area is 113 Å². The molecule has 0 radical (unpaired) electrons. The van der Waals surface area contributed by atoms with Gasteiger partial charge in [0.15, 0.2) is 0 Å². The molecule has 0 aliphatic rings. The van der Waals surface area contributed by atoms with E-state index in [-0.39, 0.29) is 5.82 Å². The topological polar surface area (TPSA) is 15.3 Å². The number of para-hydroxylation sites is 1. The van der Waals surface area contributed by atoms with Crippen molar-refractivity contribution in [2.75, 3.05) is 18.5 Å². The van der Waals surface area contributed by atoms with Crippen LogP contribution in [0, 0.1) is 5.82 Å². The molecule has 0 saturated heterocycles. The van der Waals surface area contributed by atoms with Crippen molar-refractivity contribution in [1.29, 1.82) is 0 Å². The fourth-order valence-corrected chi connectivity index (χ4v) is 2.18. The first-order chi connectivity index (χ1) is 9.26. The Balaban J connectivity index is 2.34. The van der Waals surface area contributed by atoms with Gasteiger partial charge in [0, 0.05) is 18.8 Å². The van der Waals surface area contributed by atoms with Crippen LogP contribution in [0.4, 0.5) is 15.8 Å². The first-order valence-electron chi connectivity index (χ1n) is 6.52. The molecule has 19 heavy (non-hydrogen) atoms. The molecule has 0 aliphatic heterocycles. The molecule has 2 rings (SSSR count). The van der Waals surface area contributed by atoms with Gasteiger partial charge in [0.1, 0.15) is 5.82 Å². The number of hydrogen-bond acceptors (Lipinski definition) is 2. The van der Waals surface area contributed by atoms with Crippen LogP contribution in [0.15, 0.2) is 48.5 Å². The fraction of sp³-hybridized carbons (Fsp3) is 0.250. The van der Waals surface area contributed by atoms with Crippen molar-refractivity contribution in [3.8, 4) is 0 Å². The molecule has 0 fully saturated rings. The molecule has 2 aromatic rings. The van der Waals surface area contributed by atoms with E-state index in [0.717, 1.165) is 17.8 Å². The smallest absolute Gasteiger partial charge is 0.147 e. The van der Waals surface area contributed by atoms with Crippen molar-refractivity contribution in [1.82, 2.24) is 5.32 Å². The molecule has 1 N–H and O–H groups in total. The molecule has 2 nitrogen and oxygen atoms in total. The maximum Gasteiger partial charge on any atom is 0.147 e. The van der Waals surface area contributed by atoms with Crippen LogP contribution in [-0.2, 0) is 6.54 Å². The van der Waals surface area contributed by atoms with Gasteiger partial charge in [-0.25, -0.2) is 4.39 Å². The van der Waals surface area contributed by atoms with Gasteiger partial charge in [-0.15, -0.1) is 0 Å². The number of nitrogens with zero attached hydrogens (tertiary/aromatic N) is 1. The average molecular weight is 258 g/mol. The van der Waals surface area contributed by atoms with Crippen LogP contribution in [0.3, 0.4) is 0 Å². The number of hydrogen-bond donors (Lipinski definition) is 1. The van der Waals surface area contributed by atoms with Gasteiger partial charge in [-0.05, 0) is 43.8 Å². The zero-order chi connectivity index (χ0) is 13.7. The molecule has 3 heteroatoms. The van der Waals surface area contributed by atoms with E-state index in [1.165, 1.54) is 0 Å². The fourth-order valence-electron chi connectivity index (χ4n) is 2.18. The van der Waals surface area contributed by atoms with Crippen LogP contribution < -0.4 is 10.2 Å². The lowest BCUT2D eigenvalue weighted by Crippen LogP contribution is -2.17. The van der Waals surface area contributed by atoms with Gasteiger partial charge in [-0.3, -0.25) is 0 Å². The third-order valence-electron chi connectivity index (χ3n) is 3.07. The molecule has 0 heterocycles. The Bertz CT molecular complexity index is 526. The van der Waals surface area contributed by atoms with Crippen LogP contribution in [0.25, 0.3) is 0 Å². The summed E-state index contributed by atoms with van der Waals surface area (Å²) in [6.07, 6.45) is 0. The molecule has 0 aliphatic carbocycles. The van der Waals surface area contributed by atoms with E-state index in [1.807, 2.05) is 61.3 Å². The molecule has 0 unspecified atom stereocenters. The number of nitrogens with one attached hydrogen (secondary N) is 1. The predicted molar refractivity (Wildman–Crippen MR) is 78.3 cm³/mol. The van der Waals surface area contributed by atoms with E-state index in [0.29, 0.717) is 12.2 Å². The molecule has 2 aromatic carbocycles. The van der Waals surface area contributed by atoms with Gasteiger partial charge in [0.2, 0.25) is 0 Å². The highest BCUT2D eigenvalue weighted by atomic mass is 19.1. The van der Waals surface area contributed by atoms with Crippen LogP contribution in [0.2, 0.25) is 0 Å². The van der Waals surface area contributed by atoms with Gasteiger partial charge in [-0.2, -0.15) is 0 Å². The minimum Gasteiger partial charge on any atom is -0.339 e. The lowest BCUT2D eigenvalue weighted by Gasteiger charge is -2.24. The molecule has 0 amide bonds. The second-order valence-electron chi connectivity index (χ2n) is 4.40. The maximum atomic E-state index is 14.2. The molecular formula is C16H19FN2. The molecule has 0 bridgehead atoms. The predicted octanol–water partition coefficient (Wildman–Crippen LogP) is 3.70. The van der Waals surface area contributed by atoms with E-state index in [1.54, 1.807) is 6.07 Å². The quantitative estimate of drug-likeness (QED) is 0.879. The highest BCUT2D eigenvalue weighted by molar-refractivity contribution is 5.63. The number of benzene rings is 2. The van der Waals surface area contributed by atoms with E-state index >= 15 is 0 Å². The SMILES string of the molecule is CCN(c1ccccc1)c1ccc(CNC)cc1F. The lowest BCUT2D eigenvalue weighted by molar-refractivity contribution is 0.621. The Morgan fingerprint density at radius 2 is 1.84 bits per heavy atom. The van der Waals surface area contributed by atoms with Crippen molar-refractivity contribution in [3.05, 3.63) is 59.9 Å². The zero-order valence-electron chi connectivity index (χ0n) is 11.4.